The first-order valence-electron chi connectivity index (χ1n) is 4.41. The zero-order valence-electron chi connectivity index (χ0n) is 8.86. The molecule has 86 valence electrons. The van der Waals surface area contributed by atoms with Crippen LogP contribution in [-0.2, 0) is 4.79 Å². The molecule has 0 heterocycles. The molecule has 1 aromatic carbocycles. The Bertz CT molecular complexity index is 426. The number of ether oxygens (including phenoxy) is 2. The normalized spacial score (nSPS) is 10.4. The Balaban J connectivity index is 3.18. The number of halogens is 1. The molecule has 0 aromatic heterocycles. The van der Waals surface area contributed by atoms with Gasteiger partial charge in [-0.2, -0.15) is 0 Å². The lowest BCUT2D eigenvalue weighted by atomic mass is 10.2. The first-order chi connectivity index (χ1) is 7.60. The maximum absolute atomic E-state index is 10.4. The molecule has 0 fully saturated rings. The van der Waals surface area contributed by atoms with E-state index in [1.807, 2.05) is 0 Å². The van der Waals surface area contributed by atoms with Gasteiger partial charge in [0, 0.05) is 6.08 Å². The Morgan fingerprint density at radius 3 is 2.56 bits per heavy atom. The molecule has 0 radical (unpaired) electrons. The third-order valence-corrected chi connectivity index (χ3v) is 2.31. The lowest BCUT2D eigenvalue weighted by molar-refractivity contribution is -0.131. The first-order valence-corrected chi connectivity index (χ1v) is 4.79. The van der Waals surface area contributed by atoms with E-state index < -0.39 is 5.97 Å². The van der Waals surface area contributed by atoms with Crippen molar-refractivity contribution < 1.29 is 19.4 Å². The summed E-state index contributed by atoms with van der Waals surface area (Å²) < 4.78 is 10.1. The zero-order chi connectivity index (χ0) is 12.1. The minimum absolute atomic E-state index is 0.319. The third-order valence-electron chi connectivity index (χ3n) is 1.92. The number of carboxylic acids is 1. The molecule has 1 rings (SSSR count). The van der Waals surface area contributed by atoms with Crippen molar-refractivity contribution in [3.05, 3.63) is 28.8 Å². The molecule has 0 bridgehead atoms. The van der Waals surface area contributed by atoms with Crippen LogP contribution in [0.5, 0.6) is 11.5 Å². The van der Waals surface area contributed by atoms with Crippen LogP contribution in [0, 0.1) is 0 Å². The molecule has 0 aliphatic heterocycles. The van der Waals surface area contributed by atoms with Gasteiger partial charge < -0.3 is 14.6 Å². The highest BCUT2D eigenvalue weighted by Crippen LogP contribution is 2.37. The van der Waals surface area contributed by atoms with E-state index in [2.05, 4.69) is 0 Å². The maximum Gasteiger partial charge on any atom is 0.328 e. The predicted molar refractivity (Wildman–Crippen MR) is 61.2 cm³/mol. The highest BCUT2D eigenvalue weighted by molar-refractivity contribution is 6.33. The fraction of sp³-hybridized carbons (Fsp3) is 0.182. The van der Waals surface area contributed by atoms with E-state index in [-0.39, 0.29) is 0 Å². The van der Waals surface area contributed by atoms with Crippen molar-refractivity contribution in [2.75, 3.05) is 14.2 Å². The summed E-state index contributed by atoms with van der Waals surface area (Å²) >= 11 is 6.03. The van der Waals surface area contributed by atoms with Gasteiger partial charge in [-0.05, 0) is 23.8 Å². The summed E-state index contributed by atoms with van der Waals surface area (Å²) in [6, 6.07) is 3.31. The average Bonchev–Trinajstić information content (AvgIpc) is 2.26. The van der Waals surface area contributed by atoms with Gasteiger partial charge in [0.05, 0.1) is 19.2 Å². The topological polar surface area (TPSA) is 55.8 Å². The van der Waals surface area contributed by atoms with Crippen LogP contribution in [0.15, 0.2) is 18.2 Å². The van der Waals surface area contributed by atoms with E-state index in [0.29, 0.717) is 22.1 Å². The first kappa shape index (κ1) is 12.4. The van der Waals surface area contributed by atoms with Crippen molar-refractivity contribution in [3.63, 3.8) is 0 Å². The minimum atomic E-state index is -1.04. The fourth-order valence-corrected chi connectivity index (χ4v) is 1.49. The van der Waals surface area contributed by atoms with Gasteiger partial charge in [-0.25, -0.2) is 4.79 Å². The summed E-state index contributed by atoms with van der Waals surface area (Å²) in [5, 5.41) is 8.83. The SMILES string of the molecule is COc1ccc(/C=C\C(=O)O)c(Cl)c1OC. The summed E-state index contributed by atoms with van der Waals surface area (Å²) in [6.07, 6.45) is 2.40. The molecular formula is C11H11ClO4. The molecule has 1 aromatic rings. The van der Waals surface area contributed by atoms with Gasteiger partial charge in [-0.1, -0.05) is 11.6 Å². The molecule has 0 amide bonds. The van der Waals surface area contributed by atoms with E-state index in [4.69, 9.17) is 26.2 Å². The average molecular weight is 243 g/mol. The summed E-state index contributed by atoms with van der Waals surface area (Å²) in [7, 11) is 2.97. The zero-order valence-corrected chi connectivity index (χ0v) is 9.62. The van der Waals surface area contributed by atoms with Crippen molar-refractivity contribution in [3.8, 4) is 11.5 Å². The van der Waals surface area contributed by atoms with Gasteiger partial charge >= 0.3 is 5.97 Å². The second-order valence-electron chi connectivity index (χ2n) is 2.88. The second-order valence-corrected chi connectivity index (χ2v) is 3.25. The summed E-state index contributed by atoms with van der Waals surface area (Å²) in [4.78, 5) is 10.4. The molecule has 0 saturated carbocycles. The van der Waals surface area contributed by atoms with E-state index in [0.717, 1.165) is 6.08 Å². The number of benzene rings is 1. The quantitative estimate of drug-likeness (QED) is 0.824. The maximum atomic E-state index is 10.4. The van der Waals surface area contributed by atoms with Gasteiger partial charge in [-0.15, -0.1) is 0 Å². The lowest BCUT2D eigenvalue weighted by Crippen LogP contribution is -1.93. The van der Waals surface area contributed by atoms with Crippen LogP contribution in [-0.4, -0.2) is 25.3 Å². The van der Waals surface area contributed by atoms with Crippen LogP contribution in [0.25, 0.3) is 6.08 Å². The molecule has 0 atom stereocenters. The van der Waals surface area contributed by atoms with Crippen LogP contribution in [0.2, 0.25) is 5.02 Å². The van der Waals surface area contributed by atoms with Crippen LogP contribution in [0.4, 0.5) is 0 Å². The molecule has 0 spiro atoms. The highest BCUT2D eigenvalue weighted by Gasteiger charge is 2.11. The number of carboxylic acid groups (broad SMARTS) is 1. The second kappa shape index (κ2) is 5.42. The number of hydrogen-bond acceptors (Lipinski definition) is 3. The third kappa shape index (κ3) is 2.67. The fourth-order valence-electron chi connectivity index (χ4n) is 1.19. The monoisotopic (exact) mass is 242 g/mol. The van der Waals surface area contributed by atoms with Crippen molar-refractivity contribution in [1.82, 2.24) is 0 Å². The van der Waals surface area contributed by atoms with Crippen molar-refractivity contribution in [2.45, 2.75) is 0 Å². The Kier molecular flexibility index (Phi) is 4.19. The van der Waals surface area contributed by atoms with Gasteiger partial charge in [0.15, 0.2) is 11.5 Å². The Morgan fingerprint density at radius 1 is 1.38 bits per heavy atom. The van der Waals surface area contributed by atoms with Gasteiger partial charge in [0.2, 0.25) is 0 Å². The standard InChI is InChI=1S/C11H11ClO4/c1-15-8-5-3-7(4-6-9(13)14)10(12)11(8)16-2/h3-6H,1-2H3,(H,13,14)/b6-4-. The largest absolute Gasteiger partial charge is 0.493 e. The Morgan fingerprint density at radius 2 is 2.06 bits per heavy atom. The van der Waals surface area contributed by atoms with Crippen LogP contribution in [0.3, 0.4) is 0 Å². The molecule has 16 heavy (non-hydrogen) atoms. The molecule has 5 heteroatoms. The number of aliphatic carboxylic acids is 1. The number of carbonyl (C=O) groups is 1. The summed E-state index contributed by atoms with van der Waals surface area (Å²) in [6.45, 7) is 0. The lowest BCUT2D eigenvalue weighted by Gasteiger charge is -2.10. The van der Waals surface area contributed by atoms with Crippen LogP contribution >= 0.6 is 11.6 Å². The van der Waals surface area contributed by atoms with E-state index >= 15 is 0 Å². The van der Waals surface area contributed by atoms with Gasteiger partial charge in [-0.3, -0.25) is 0 Å². The molecular weight excluding hydrogens is 232 g/mol. The predicted octanol–water partition coefficient (Wildman–Crippen LogP) is 2.46. The van der Waals surface area contributed by atoms with Crippen LogP contribution in [0.1, 0.15) is 5.56 Å². The molecule has 4 nitrogen and oxygen atoms in total. The van der Waals surface area contributed by atoms with Crippen LogP contribution < -0.4 is 9.47 Å². The molecule has 0 aliphatic carbocycles. The molecule has 0 saturated heterocycles. The molecule has 1 N–H and O–H groups in total. The van der Waals surface area contributed by atoms with Crippen molar-refractivity contribution in [2.24, 2.45) is 0 Å². The number of methoxy groups -OCH3 is 2. The van der Waals surface area contributed by atoms with Gasteiger partial charge in [0.25, 0.3) is 0 Å². The van der Waals surface area contributed by atoms with Crippen molar-refractivity contribution >= 4 is 23.6 Å². The molecule has 0 aliphatic rings. The molecule has 0 unspecified atom stereocenters. The van der Waals surface area contributed by atoms with E-state index in [1.165, 1.54) is 20.3 Å². The number of rotatable bonds is 4. The summed E-state index contributed by atoms with van der Waals surface area (Å²) in [5.41, 5.74) is 0.557. The van der Waals surface area contributed by atoms with Gasteiger partial charge in [0.1, 0.15) is 0 Å². The highest BCUT2D eigenvalue weighted by atomic mass is 35.5. The van der Waals surface area contributed by atoms with E-state index in [9.17, 15) is 4.79 Å². The summed E-state index contributed by atoms with van der Waals surface area (Å²) in [5.74, 6) is -0.150. The van der Waals surface area contributed by atoms with Crippen molar-refractivity contribution in [1.29, 1.82) is 0 Å². The minimum Gasteiger partial charge on any atom is -0.493 e. The number of hydrogen-bond donors (Lipinski definition) is 1. The van der Waals surface area contributed by atoms with E-state index in [1.54, 1.807) is 12.1 Å². The smallest absolute Gasteiger partial charge is 0.328 e. The Hall–Kier alpha value is -1.68. The Labute approximate surface area is 98.1 Å².